The van der Waals surface area contributed by atoms with Crippen molar-refractivity contribution in [1.82, 2.24) is 10.2 Å². The van der Waals surface area contributed by atoms with Crippen molar-refractivity contribution in [2.24, 2.45) is 0 Å². The number of amidine groups is 1. The first kappa shape index (κ1) is 33.6. The van der Waals surface area contributed by atoms with Crippen LogP contribution in [0.2, 0.25) is 5.02 Å². The van der Waals surface area contributed by atoms with Crippen molar-refractivity contribution < 1.29 is 62.8 Å². The van der Waals surface area contributed by atoms with Gasteiger partial charge in [0, 0.05) is 12.1 Å². The van der Waals surface area contributed by atoms with Crippen molar-refractivity contribution in [3.8, 4) is 5.75 Å². The van der Waals surface area contributed by atoms with Gasteiger partial charge in [-0.15, -0.1) is 0 Å². The molecule has 0 heterocycles. The number of hydrogen-bond donors (Lipinski definition) is 6. The monoisotopic (exact) mass is 561 g/mol. The molecule has 6 N–H and O–H groups in total. The molecule has 0 aromatic heterocycles. The van der Waals surface area contributed by atoms with E-state index in [0.29, 0.717) is 10.5 Å². The maximum Gasteiger partial charge on any atom is 1.00 e. The number of benzene rings is 2. The second kappa shape index (κ2) is 15.9. The zero-order valence-electron chi connectivity index (χ0n) is 20.5. The maximum atomic E-state index is 12.7. The number of nitrogens with one attached hydrogen (secondary N) is 3. The van der Waals surface area contributed by atoms with E-state index in [4.69, 9.17) is 22.4 Å². The largest absolute Gasteiger partial charge is 1.00 e. The van der Waals surface area contributed by atoms with Crippen LogP contribution in [-0.2, 0) is 0 Å². The molecule has 0 bridgehead atoms. The number of aliphatic hydroxyl groups is 2. The van der Waals surface area contributed by atoms with Crippen LogP contribution in [0.5, 0.6) is 5.75 Å². The molecule has 2 aromatic carbocycles. The van der Waals surface area contributed by atoms with Crippen LogP contribution in [0.3, 0.4) is 0 Å². The molecule has 2 unspecified atom stereocenters. The zero-order chi connectivity index (χ0) is 27.6. The van der Waals surface area contributed by atoms with E-state index in [0.717, 1.165) is 5.02 Å². The van der Waals surface area contributed by atoms with Gasteiger partial charge >= 0.3 is 41.8 Å². The minimum absolute atomic E-state index is 0. The summed E-state index contributed by atoms with van der Waals surface area (Å²) < 4.78 is 38.0. The number of rotatable bonds is 6. The number of phenolic OH excluding ortho intramolecular Hbond substituents is 1. The van der Waals surface area contributed by atoms with Gasteiger partial charge in [-0.05, 0) is 37.2 Å². The molecule has 0 radical (unpaired) electrons. The van der Waals surface area contributed by atoms with Gasteiger partial charge in [-0.25, -0.2) is 4.79 Å². The number of halogens is 4. The van der Waals surface area contributed by atoms with E-state index in [9.17, 15) is 33.3 Å². The molecule has 38 heavy (non-hydrogen) atoms. The van der Waals surface area contributed by atoms with Crippen LogP contribution in [-0.4, -0.2) is 69.3 Å². The van der Waals surface area contributed by atoms with Gasteiger partial charge in [-0.1, -0.05) is 17.2 Å². The molecule has 2 aromatic rings. The summed E-state index contributed by atoms with van der Waals surface area (Å²) in [4.78, 5) is 13.1. The van der Waals surface area contributed by atoms with Crippen LogP contribution in [0.25, 0.3) is 0 Å². The summed E-state index contributed by atoms with van der Waals surface area (Å²) in [5.41, 5.74) is 0.311. The van der Waals surface area contributed by atoms with Crippen molar-refractivity contribution >= 4 is 29.2 Å². The average Bonchev–Trinajstić information content (AvgIpc) is 2.85. The summed E-state index contributed by atoms with van der Waals surface area (Å²) in [6, 6.07) is 14.1. The molecule has 1 aliphatic carbocycles. The zero-order valence-corrected chi connectivity index (χ0v) is 23.3. The predicted molar refractivity (Wildman–Crippen MR) is 132 cm³/mol. The van der Waals surface area contributed by atoms with E-state index in [1.807, 2.05) is 18.2 Å². The number of carbonyl (C=O) groups is 1. The Balaban J connectivity index is 0.000000779. The van der Waals surface area contributed by atoms with Crippen molar-refractivity contribution in [1.29, 1.82) is 10.8 Å². The number of aliphatic hydroxyl groups excluding tert-OH is 2. The van der Waals surface area contributed by atoms with E-state index < -0.39 is 43.2 Å². The van der Waals surface area contributed by atoms with Gasteiger partial charge in [0.15, 0.2) is 0 Å². The van der Waals surface area contributed by atoms with Crippen molar-refractivity contribution in [3.05, 3.63) is 76.8 Å². The Kier molecular flexibility index (Phi) is 14.0. The fourth-order valence-corrected chi connectivity index (χ4v) is 3.21. The van der Waals surface area contributed by atoms with Crippen LogP contribution >= 0.6 is 11.6 Å². The average molecular weight is 562 g/mol. The quantitative estimate of drug-likeness (QED) is 0.136. The van der Waals surface area contributed by atoms with Crippen LogP contribution in [0.4, 0.5) is 18.0 Å². The van der Waals surface area contributed by atoms with Crippen molar-refractivity contribution in [2.45, 2.75) is 37.6 Å². The number of hydrogen-bond acceptors (Lipinski definition) is 6. The van der Waals surface area contributed by atoms with Gasteiger partial charge in [-0.3, -0.25) is 16.4 Å². The molecule has 3 rings (SSSR count). The Bertz CT molecular complexity index is 1100. The second-order valence-electron chi connectivity index (χ2n) is 7.97. The molecule has 1 aliphatic rings. The molecular weight excluding hydrogens is 536 g/mol. The van der Waals surface area contributed by atoms with Gasteiger partial charge < -0.3 is 26.0 Å². The number of urea groups is 1. The molecule has 0 aliphatic heterocycles. The summed E-state index contributed by atoms with van der Waals surface area (Å²) in [5, 5.41) is 47.6. The van der Waals surface area contributed by atoms with E-state index in [-0.39, 0.29) is 66.0 Å². The smallest absolute Gasteiger partial charge is 0.508 e. The molecule has 8 nitrogen and oxygen atoms in total. The molecular formula is C25H26ClF3N4NaO4-. The summed E-state index contributed by atoms with van der Waals surface area (Å²) >= 11 is 5.51. The third kappa shape index (κ3) is 11.5. The number of phenols is 1. The Hall–Kier alpha value is -2.41. The minimum Gasteiger partial charge on any atom is -0.508 e. The summed E-state index contributed by atoms with van der Waals surface area (Å²) in [6.07, 6.45) is -5.18. The van der Waals surface area contributed by atoms with E-state index >= 15 is 0 Å². The molecule has 200 valence electrons. The Morgan fingerprint density at radius 3 is 2.32 bits per heavy atom. The fourth-order valence-electron chi connectivity index (χ4n) is 3.08. The van der Waals surface area contributed by atoms with Gasteiger partial charge in [0.2, 0.25) is 0 Å². The Labute approximate surface area is 245 Å². The summed E-state index contributed by atoms with van der Waals surface area (Å²) in [6.45, 7) is -1.16. The second-order valence-corrected chi connectivity index (χ2v) is 8.41. The van der Waals surface area contributed by atoms with E-state index in [2.05, 4.69) is 17.5 Å². The third-order valence-corrected chi connectivity index (χ3v) is 5.34. The van der Waals surface area contributed by atoms with Gasteiger partial charge in [0.05, 0.1) is 18.6 Å². The molecule has 2 atom stereocenters. The first-order valence-corrected chi connectivity index (χ1v) is 11.4. The third-order valence-electron chi connectivity index (χ3n) is 5.11. The Morgan fingerprint density at radius 2 is 1.82 bits per heavy atom. The maximum absolute atomic E-state index is 12.7. The number of aromatic hydroxyl groups is 1. The SMILES string of the molecule is Clc1c[c-]ccc1.N=C(CNC(=O)N(CCC(F)(F)F)C(=N)c1ccc(O)cc1)C1=[C-]CC(O)C(O)C1.[Na+]. The first-order valence-electron chi connectivity index (χ1n) is 11.0. The Morgan fingerprint density at radius 1 is 1.16 bits per heavy atom. The number of amides is 2. The molecule has 0 fully saturated rings. The van der Waals surface area contributed by atoms with Crippen LogP contribution < -0.4 is 34.9 Å². The molecule has 0 saturated heterocycles. The van der Waals surface area contributed by atoms with E-state index in [1.54, 1.807) is 6.07 Å². The van der Waals surface area contributed by atoms with E-state index in [1.165, 1.54) is 24.3 Å². The minimum atomic E-state index is -4.54. The first-order chi connectivity index (χ1) is 17.4. The molecule has 2 amide bonds. The standard InChI is InChI=1S/C19H22F3N4O4.C6H4Cl.Na/c20-19(21,22)7-8-26(17(24)11-1-4-13(27)5-2-11)18(30)25-10-14(23)12-3-6-15(28)16(29)9-12;7-6-4-2-1-3-5-6;/h1-2,4-5,15-16,23-24,27-29H,6-10H2,(H,25,30);1-2,4-5H;/q2*-1;+1. The number of nitrogens with zero attached hydrogens (tertiary/aromatic N) is 1. The number of alkyl halides is 3. The van der Waals surface area contributed by atoms with Gasteiger partial charge in [-0.2, -0.15) is 60.7 Å². The molecule has 0 saturated carbocycles. The summed E-state index contributed by atoms with van der Waals surface area (Å²) in [5.74, 6) is -0.596. The van der Waals surface area contributed by atoms with Gasteiger partial charge in [0.25, 0.3) is 0 Å². The normalized spacial score (nSPS) is 16.6. The molecule has 0 spiro atoms. The predicted octanol–water partition coefficient (Wildman–Crippen LogP) is 1.09. The van der Waals surface area contributed by atoms with Crippen molar-refractivity contribution in [2.75, 3.05) is 13.1 Å². The van der Waals surface area contributed by atoms with Crippen LogP contribution in [0.1, 0.15) is 24.8 Å². The number of carbonyl (C=O) groups excluding carboxylic acids is 1. The van der Waals surface area contributed by atoms with Gasteiger partial charge in [0.1, 0.15) is 11.6 Å². The van der Waals surface area contributed by atoms with Crippen molar-refractivity contribution in [3.63, 3.8) is 0 Å². The van der Waals surface area contributed by atoms with Crippen LogP contribution in [0.15, 0.2) is 54.1 Å². The topological polar surface area (TPSA) is 141 Å². The molecule has 13 heteroatoms. The van der Waals surface area contributed by atoms with Crippen LogP contribution in [0, 0.1) is 23.0 Å². The fraction of sp³-hybridized carbons (Fsp3) is 0.320. The summed E-state index contributed by atoms with van der Waals surface area (Å²) in [7, 11) is 0.